The molecule has 0 atom stereocenters. The van der Waals surface area contributed by atoms with Crippen LogP contribution in [0.1, 0.15) is 15.2 Å². The SMILES string of the molecule is Cn1c(=O)cc(-c2cccc([Si](C)(C)C)c2)c2cc(C(=O)c3ccc(Cl)s3)ccc21. The summed E-state index contributed by atoms with van der Waals surface area (Å²) in [5, 5.41) is 2.22. The van der Waals surface area contributed by atoms with E-state index in [1.54, 1.807) is 35.9 Å². The number of pyridine rings is 1. The minimum absolute atomic E-state index is 0.0653. The van der Waals surface area contributed by atoms with E-state index in [-0.39, 0.29) is 11.3 Å². The Kier molecular flexibility index (Phi) is 5.30. The molecule has 4 aromatic rings. The Morgan fingerprint density at radius 3 is 2.43 bits per heavy atom. The molecule has 0 N–H and O–H groups in total. The topological polar surface area (TPSA) is 39.1 Å². The number of benzene rings is 2. The van der Waals surface area contributed by atoms with Crippen LogP contribution in [0.15, 0.2) is 65.5 Å². The fraction of sp³-hybridized carbons (Fsp3) is 0.167. The van der Waals surface area contributed by atoms with Gasteiger partial charge in [0.25, 0.3) is 5.56 Å². The van der Waals surface area contributed by atoms with Crippen LogP contribution in [0.4, 0.5) is 0 Å². The quantitative estimate of drug-likeness (QED) is 0.295. The summed E-state index contributed by atoms with van der Waals surface area (Å²) in [6.45, 7) is 6.91. The standard InChI is InChI=1S/C24H22ClNO2SSi/c1-26-20-9-8-16(24(28)21-10-11-22(25)29-21)13-19(20)18(14-23(26)27)15-6-5-7-17(12-15)30(2,3)4/h5-14H,1-4H3. The number of hydrogen-bond donors (Lipinski definition) is 0. The maximum atomic E-state index is 13.0. The van der Waals surface area contributed by atoms with Gasteiger partial charge in [0.05, 0.1) is 22.8 Å². The molecule has 0 amide bonds. The van der Waals surface area contributed by atoms with E-state index < -0.39 is 8.07 Å². The minimum Gasteiger partial charge on any atom is -0.311 e. The molecule has 0 aliphatic rings. The summed E-state index contributed by atoms with van der Waals surface area (Å²) in [4.78, 5) is 26.2. The Labute approximate surface area is 185 Å². The molecule has 2 aromatic heterocycles. The van der Waals surface area contributed by atoms with Crippen molar-refractivity contribution >= 4 is 52.9 Å². The molecular formula is C24H22ClNO2SSi. The maximum Gasteiger partial charge on any atom is 0.251 e. The van der Waals surface area contributed by atoms with Crippen molar-refractivity contribution in [2.75, 3.05) is 0 Å². The molecule has 0 spiro atoms. The van der Waals surface area contributed by atoms with Crippen molar-refractivity contribution in [3.05, 3.63) is 85.8 Å². The third-order valence-corrected chi connectivity index (χ3v) is 8.62. The van der Waals surface area contributed by atoms with E-state index in [0.717, 1.165) is 22.0 Å². The van der Waals surface area contributed by atoms with E-state index in [4.69, 9.17) is 11.6 Å². The van der Waals surface area contributed by atoms with Gasteiger partial charge in [0, 0.05) is 24.1 Å². The molecule has 0 aliphatic heterocycles. The van der Waals surface area contributed by atoms with Gasteiger partial charge in [-0.05, 0) is 41.5 Å². The van der Waals surface area contributed by atoms with Crippen LogP contribution in [0.3, 0.4) is 0 Å². The second-order valence-electron chi connectivity index (χ2n) is 8.45. The zero-order chi connectivity index (χ0) is 21.6. The third kappa shape index (κ3) is 3.81. The molecule has 0 radical (unpaired) electrons. The van der Waals surface area contributed by atoms with Crippen molar-refractivity contribution in [3.63, 3.8) is 0 Å². The molecule has 30 heavy (non-hydrogen) atoms. The van der Waals surface area contributed by atoms with E-state index >= 15 is 0 Å². The second kappa shape index (κ2) is 7.65. The lowest BCUT2D eigenvalue weighted by molar-refractivity contribution is 0.104. The first-order valence-corrected chi connectivity index (χ1v) is 14.4. The first-order valence-electron chi connectivity index (χ1n) is 9.70. The van der Waals surface area contributed by atoms with E-state index in [2.05, 4.69) is 37.8 Å². The van der Waals surface area contributed by atoms with Crippen LogP contribution in [0.25, 0.3) is 22.0 Å². The first-order chi connectivity index (χ1) is 14.1. The zero-order valence-corrected chi connectivity index (χ0v) is 19.9. The number of aromatic nitrogens is 1. The van der Waals surface area contributed by atoms with E-state index in [1.165, 1.54) is 16.5 Å². The number of ketones is 1. The fourth-order valence-corrected chi connectivity index (χ4v) is 5.76. The summed E-state index contributed by atoms with van der Waals surface area (Å²) in [5.74, 6) is -0.0653. The van der Waals surface area contributed by atoms with Gasteiger partial charge >= 0.3 is 0 Å². The van der Waals surface area contributed by atoms with Crippen molar-refractivity contribution in [2.24, 2.45) is 7.05 Å². The molecule has 2 heterocycles. The number of halogens is 1. The molecule has 0 saturated heterocycles. The lowest BCUT2D eigenvalue weighted by Crippen LogP contribution is -2.37. The summed E-state index contributed by atoms with van der Waals surface area (Å²) >= 11 is 7.29. The van der Waals surface area contributed by atoms with Gasteiger partial charge < -0.3 is 4.57 Å². The van der Waals surface area contributed by atoms with Crippen molar-refractivity contribution in [1.29, 1.82) is 0 Å². The number of nitrogens with zero attached hydrogens (tertiary/aromatic N) is 1. The van der Waals surface area contributed by atoms with Crippen molar-refractivity contribution in [3.8, 4) is 11.1 Å². The number of hydrogen-bond acceptors (Lipinski definition) is 3. The largest absolute Gasteiger partial charge is 0.311 e. The number of fused-ring (bicyclic) bond motifs is 1. The van der Waals surface area contributed by atoms with Gasteiger partial charge in [-0.15, -0.1) is 11.3 Å². The normalized spacial score (nSPS) is 11.8. The van der Waals surface area contributed by atoms with Gasteiger partial charge in [0.1, 0.15) is 0 Å². The van der Waals surface area contributed by atoms with Crippen molar-refractivity contribution in [1.82, 2.24) is 4.57 Å². The highest BCUT2D eigenvalue weighted by Gasteiger charge is 2.19. The summed E-state index contributed by atoms with van der Waals surface area (Å²) in [6.07, 6.45) is 0. The Bertz CT molecular complexity index is 1350. The first kappa shape index (κ1) is 20.8. The van der Waals surface area contributed by atoms with Gasteiger partial charge in [-0.2, -0.15) is 0 Å². The van der Waals surface area contributed by atoms with Crippen LogP contribution in [-0.4, -0.2) is 18.4 Å². The van der Waals surface area contributed by atoms with Gasteiger partial charge in [-0.3, -0.25) is 9.59 Å². The highest BCUT2D eigenvalue weighted by molar-refractivity contribution is 7.18. The summed E-state index contributed by atoms with van der Waals surface area (Å²) in [5.41, 5.74) is 3.17. The average Bonchev–Trinajstić information content (AvgIpc) is 3.15. The lowest BCUT2D eigenvalue weighted by Gasteiger charge is -2.18. The number of rotatable bonds is 4. The molecule has 2 aromatic carbocycles. The predicted molar refractivity (Wildman–Crippen MR) is 130 cm³/mol. The fourth-order valence-electron chi connectivity index (χ4n) is 3.57. The molecule has 0 bridgehead atoms. The molecule has 0 fully saturated rings. The monoisotopic (exact) mass is 451 g/mol. The average molecular weight is 452 g/mol. The molecule has 3 nitrogen and oxygen atoms in total. The number of thiophene rings is 1. The Balaban J connectivity index is 1.95. The highest BCUT2D eigenvalue weighted by atomic mass is 35.5. The lowest BCUT2D eigenvalue weighted by atomic mass is 9.98. The summed E-state index contributed by atoms with van der Waals surface area (Å²) in [7, 11) is 0.249. The summed E-state index contributed by atoms with van der Waals surface area (Å²) < 4.78 is 2.21. The maximum absolute atomic E-state index is 13.0. The van der Waals surface area contributed by atoms with Gasteiger partial charge in [-0.25, -0.2) is 0 Å². The molecule has 0 aliphatic carbocycles. The number of carbonyl (C=O) groups excluding carboxylic acids is 1. The van der Waals surface area contributed by atoms with Crippen molar-refractivity contribution in [2.45, 2.75) is 19.6 Å². The van der Waals surface area contributed by atoms with Crippen LogP contribution in [0.2, 0.25) is 24.0 Å². The van der Waals surface area contributed by atoms with Gasteiger partial charge in [0.2, 0.25) is 5.78 Å². The minimum atomic E-state index is -1.51. The van der Waals surface area contributed by atoms with Crippen LogP contribution in [0.5, 0.6) is 0 Å². The molecular weight excluding hydrogens is 430 g/mol. The van der Waals surface area contributed by atoms with Crippen molar-refractivity contribution < 1.29 is 4.79 Å². The molecule has 6 heteroatoms. The summed E-state index contributed by atoms with van der Waals surface area (Å²) in [6, 6.07) is 19.1. The Hall–Kier alpha value is -2.47. The van der Waals surface area contributed by atoms with E-state index in [9.17, 15) is 9.59 Å². The van der Waals surface area contributed by atoms with E-state index in [1.807, 2.05) is 18.2 Å². The smallest absolute Gasteiger partial charge is 0.251 e. The van der Waals surface area contributed by atoms with Gasteiger partial charge in [0.15, 0.2) is 0 Å². The van der Waals surface area contributed by atoms with E-state index in [0.29, 0.717) is 14.8 Å². The van der Waals surface area contributed by atoms with Gasteiger partial charge in [-0.1, -0.05) is 60.7 Å². The molecule has 0 saturated carbocycles. The predicted octanol–water partition coefficient (Wildman–Crippen LogP) is 5.70. The number of carbonyl (C=O) groups is 1. The Morgan fingerprint density at radius 2 is 1.77 bits per heavy atom. The van der Waals surface area contributed by atoms with Crippen LogP contribution in [-0.2, 0) is 7.05 Å². The second-order valence-corrected chi connectivity index (χ2v) is 15.2. The molecule has 0 unspecified atom stereocenters. The van der Waals surface area contributed by atoms with Crippen LogP contribution in [0, 0.1) is 0 Å². The highest BCUT2D eigenvalue weighted by Crippen LogP contribution is 2.30. The zero-order valence-electron chi connectivity index (χ0n) is 17.3. The number of aryl methyl sites for hydroxylation is 1. The molecule has 152 valence electrons. The third-order valence-electron chi connectivity index (χ3n) is 5.35. The Morgan fingerprint density at radius 1 is 1.00 bits per heavy atom. The van der Waals surface area contributed by atoms with Crippen LogP contribution < -0.4 is 10.7 Å². The van der Waals surface area contributed by atoms with Crippen LogP contribution >= 0.6 is 22.9 Å². The molecule has 4 rings (SSSR count).